The predicted molar refractivity (Wildman–Crippen MR) is 111 cm³/mol. The van der Waals surface area contributed by atoms with Gasteiger partial charge in [0.2, 0.25) is 5.78 Å². The largest absolute Gasteiger partial charge is 0.453 e. The Bertz CT molecular complexity index is 1080. The number of aryl methyl sites for hydroxylation is 1. The van der Waals surface area contributed by atoms with Gasteiger partial charge in [0.1, 0.15) is 16.3 Å². The first-order chi connectivity index (χ1) is 13.7. The number of nitrogens with zero attached hydrogens (tertiary/aromatic N) is 2. The van der Waals surface area contributed by atoms with Gasteiger partial charge < -0.3 is 10.5 Å². The van der Waals surface area contributed by atoms with Crippen molar-refractivity contribution < 1.29 is 14.3 Å². The van der Waals surface area contributed by atoms with Crippen LogP contribution in [-0.2, 0) is 31.2 Å². The molecule has 9 heteroatoms. The summed E-state index contributed by atoms with van der Waals surface area (Å²) in [5, 5.41) is 0. The Morgan fingerprint density at radius 1 is 1.34 bits per heavy atom. The fourth-order valence-corrected chi connectivity index (χ4v) is 4.67. The molecule has 0 saturated heterocycles. The van der Waals surface area contributed by atoms with Crippen molar-refractivity contribution in [2.24, 2.45) is 13.0 Å². The van der Waals surface area contributed by atoms with Gasteiger partial charge in [-0.2, -0.15) is 0 Å². The van der Waals surface area contributed by atoms with Crippen molar-refractivity contribution >= 4 is 28.9 Å². The van der Waals surface area contributed by atoms with Crippen LogP contribution in [0.2, 0.25) is 0 Å². The quantitative estimate of drug-likeness (QED) is 0.564. The molecule has 2 aromatic heterocycles. The summed E-state index contributed by atoms with van der Waals surface area (Å²) < 4.78 is 7.19. The highest BCUT2D eigenvalue weighted by molar-refractivity contribution is 7.14. The molecule has 156 valence electrons. The van der Waals surface area contributed by atoms with E-state index in [1.165, 1.54) is 27.8 Å². The van der Waals surface area contributed by atoms with Crippen LogP contribution in [0.1, 0.15) is 57.2 Å². The molecule has 0 aliphatic heterocycles. The molecule has 8 nitrogen and oxygen atoms in total. The Kier molecular flexibility index (Phi) is 6.07. The zero-order valence-corrected chi connectivity index (χ0v) is 17.6. The van der Waals surface area contributed by atoms with Crippen LogP contribution in [0.15, 0.2) is 15.7 Å². The smallest absolute Gasteiger partial charge is 0.348 e. The molecule has 0 amide bonds. The van der Waals surface area contributed by atoms with Gasteiger partial charge in [-0.1, -0.05) is 13.8 Å². The molecule has 29 heavy (non-hydrogen) atoms. The van der Waals surface area contributed by atoms with E-state index in [0.717, 1.165) is 29.4 Å². The van der Waals surface area contributed by atoms with Crippen LogP contribution in [0.25, 0.3) is 0 Å². The normalized spacial score (nSPS) is 15.8. The molecule has 2 heterocycles. The average molecular weight is 420 g/mol. The molecule has 0 bridgehead atoms. The Labute approximate surface area is 171 Å². The van der Waals surface area contributed by atoms with E-state index in [1.807, 2.05) is 13.0 Å². The first-order valence-electron chi connectivity index (χ1n) is 9.65. The van der Waals surface area contributed by atoms with Crippen molar-refractivity contribution in [3.63, 3.8) is 0 Å². The second kappa shape index (κ2) is 8.36. The lowest BCUT2D eigenvalue weighted by molar-refractivity contribution is 0.0479. The summed E-state index contributed by atoms with van der Waals surface area (Å²) >= 11 is 1.39. The zero-order chi connectivity index (χ0) is 21.3. The van der Waals surface area contributed by atoms with Crippen LogP contribution in [0.3, 0.4) is 0 Å². The lowest BCUT2D eigenvalue weighted by Crippen LogP contribution is -2.43. The van der Waals surface area contributed by atoms with Crippen molar-refractivity contribution in [1.82, 2.24) is 9.13 Å². The number of hydrogen-bond donors (Lipinski definition) is 1. The number of anilines is 1. The summed E-state index contributed by atoms with van der Waals surface area (Å²) in [4.78, 5) is 51.2. The summed E-state index contributed by atoms with van der Waals surface area (Å²) in [6.07, 6.45) is 3.58. The number of hydrogen-bond acceptors (Lipinski definition) is 7. The van der Waals surface area contributed by atoms with E-state index in [2.05, 4.69) is 6.92 Å². The SMILES string of the molecule is CCCn1c(N)c(C(=O)COC(=O)c2cc3c(s2)CCC(C)C3)c(=O)n(C)c1=O. The molecular formula is C20H25N3O5S. The van der Waals surface area contributed by atoms with E-state index in [1.54, 1.807) is 0 Å². The molecular weight excluding hydrogens is 394 g/mol. The maximum Gasteiger partial charge on any atom is 0.348 e. The molecule has 0 saturated carbocycles. The van der Waals surface area contributed by atoms with Gasteiger partial charge in [0.15, 0.2) is 6.61 Å². The van der Waals surface area contributed by atoms with E-state index in [4.69, 9.17) is 10.5 Å². The molecule has 1 atom stereocenters. The summed E-state index contributed by atoms with van der Waals surface area (Å²) in [6.45, 7) is 3.70. The summed E-state index contributed by atoms with van der Waals surface area (Å²) in [5.74, 6) is -0.930. The van der Waals surface area contributed by atoms with Crippen molar-refractivity contribution in [3.8, 4) is 0 Å². The number of fused-ring (bicyclic) bond motifs is 1. The van der Waals surface area contributed by atoms with E-state index < -0.39 is 29.6 Å². The van der Waals surface area contributed by atoms with Crippen LogP contribution in [-0.4, -0.2) is 27.5 Å². The van der Waals surface area contributed by atoms with Gasteiger partial charge in [0, 0.05) is 18.5 Å². The molecule has 0 spiro atoms. The Hall–Kier alpha value is -2.68. The molecule has 3 rings (SSSR count). The second-order valence-electron chi connectivity index (χ2n) is 7.46. The molecule has 1 aliphatic rings. The lowest BCUT2D eigenvalue weighted by Gasteiger charge is -2.16. The number of esters is 1. The molecule has 1 unspecified atom stereocenters. The molecule has 0 fully saturated rings. The minimum atomic E-state index is -0.790. The van der Waals surface area contributed by atoms with Crippen molar-refractivity contribution in [2.45, 2.75) is 46.1 Å². The highest BCUT2D eigenvalue weighted by atomic mass is 32.1. The first-order valence-corrected chi connectivity index (χ1v) is 10.5. The second-order valence-corrected chi connectivity index (χ2v) is 8.60. The van der Waals surface area contributed by atoms with Gasteiger partial charge >= 0.3 is 11.7 Å². The monoisotopic (exact) mass is 419 g/mol. The van der Waals surface area contributed by atoms with Gasteiger partial charge in [0.25, 0.3) is 5.56 Å². The molecule has 2 aromatic rings. The van der Waals surface area contributed by atoms with E-state index in [9.17, 15) is 19.2 Å². The van der Waals surface area contributed by atoms with Gasteiger partial charge in [-0.25, -0.2) is 9.59 Å². The van der Waals surface area contributed by atoms with Gasteiger partial charge in [-0.3, -0.25) is 18.7 Å². The van der Waals surface area contributed by atoms with Crippen molar-refractivity contribution in [1.29, 1.82) is 0 Å². The van der Waals surface area contributed by atoms with Crippen LogP contribution in [0, 0.1) is 5.92 Å². The fourth-order valence-electron chi connectivity index (χ4n) is 3.57. The number of carbonyl (C=O) groups excluding carboxylic acids is 2. The predicted octanol–water partition coefficient (Wildman–Crippen LogP) is 1.77. The number of nitrogens with two attached hydrogens (primary N) is 1. The minimum Gasteiger partial charge on any atom is -0.453 e. The van der Waals surface area contributed by atoms with Crippen LogP contribution < -0.4 is 17.0 Å². The van der Waals surface area contributed by atoms with E-state index >= 15 is 0 Å². The summed E-state index contributed by atoms with van der Waals surface area (Å²) in [6, 6.07) is 1.83. The average Bonchev–Trinajstić information content (AvgIpc) is 3.11. The van der Waals surface area contributed by atoms with Crippen LogP contribution in [0.4, 0.5) is 5.82 Å². The summed E-state index contributed by atoms with van der Waals surface area (Å²) in [5.41, 5.74) is 5.39. The zero-order valence-electron chi connectivity index (χ0n) is 16.8. The molecule has 1 aliphatic carbocycles. The number of thiophene rings is 1. The third-order valence-electron chi connectivity index (χ3n) is 5.17. The first kappa shape index (κ1) is 21.0. The minimum absolute atomic E-state index is 0.193. The number of rotatable bonds is 6. The van der Waals surface area contributed by atoms with Crippen molar-refractivity contribution in [3.05, 3.63) is 47.8 Å². The molecule has 0 radical (unpaired) electrons. The van der Waals surface area contributed by atoms with E-state index in [-0.39, 0.29) is 17.9 Å². The molecule has 0 aromatic carbocycles. The topological polar surface area (TPSA) is 113 Å². The fraction of sp³-hybridized carbons (Fsp3) is 0.500. The van der Waals surface area contributed by atoms with E-state index in [0.29, 0.717) is 17.2 Å². The maximum atomic E-state index is 12.6. The highest BCUT2D eigenvalue weighted by Gasteiger charge is 2.24. The van der Waals surface area contributed by atoms with Crippen LogP contribution >= 0.6 is 11.3 Å². The number of aromatic nitrogens is 2. The number of nitrogen functional groups attached to an aromatic ring is 1. The number of ether oxygens (including phenoxy) is 1. The Morgan fingerprint density at radius 3 is 2.76 bits per heavy atom. The lowest BCUT2D eigenvalue weighted by atomic mass is 9.90. The third kappa shape index (κ3) is 4.05. The van der Waals surface area contributed by atoms with Gasteiger partial charge in [-0.15, -0.1) is 11.3 Å². The Morgan fingerprint density at radius 2 is 2.07 bits per heavy atom. The number of Topliss-reactive ketones (excluding diaryl/α,β-unsaturated/α-hetero) is 1. The van der Waals surface area contributed by atoms with Crippen molar-refractivity contribution in [2.75, 3.05) is 12.3 Å². The van der Waals surface area contributed by atoms with Gasteiger partial charge in [0.05, 0.1) is 0 Å². The standard InChI is InChI=1S/C20H25N3O5S/c1-4-7-23-17(21)16(18(25)22(3)20(23)27)13(24)10-28-19(26)15-9-12-8-11(2)5-6-14(12)29-15/h9,11H,4-8,10,21H2,1-3H3. The van der Waals surface area contributed by atoms with Crippen LogP contribution in [0.5, 0.6) is 0 Å². The Balaban J connectivity index is 1.78. The van der Waals surface area contributed by atoms with Gasteiger partial charge in [-0.05, 0) is 43.2 Å². The highest BCUT2D eigenvalue weighted by Crippen LogP contribution is 2.32. The molecule has 2 N–H and O–H groups in total. The third-order valence-corrected chi connectivity index (χ3v) is 6.39. The number of carbonyl (C=O) groups is 2. The number of ketones is 1. The maximum absolute atomic E-state index is 12.6. The summed E-state index contributed by atoms with van der Waals surface area (Å²) in [7, 11) is 1.29.